The SMILES string of the molecule is Cc1ccc(C(=O)N(CCBr)CC(F)(F)F)c(Cl)c1. The number of halogens is 5. The molecule has 0 radical (unpaired) electrons. The molecule has 0 spiro atoms. The first-order valence-corrected chi connectivity index (χ1v) is 6.92. The van der Waals surface area contributed by atoms with Crippen molar-refractivity contribution in [3.63, 3.8) is 0 Å². The van der Waals surface area contributed by atoms with Crippen molar-refractivity contribution in [1.82, 2.24) is 4.90 Å². The Kier molecular flexibility index (Phi) is 5.67. The second kappa shape index (κ2) is 6.61. The molecule has 0 aromatic heterocycles. The molecule has 7 heteroatoms. The van der Waals surface area contributed by atoms with Crippen LogP contribution in [0, 0.1) is 6.92 Å². The molecule has 0 aliphatic heterocycles. The third kappa shape index (κ3) is 5.03. The number of amides is 1. The highest BCUT2D eigenvalue weighted by Crippen LogP contribution is 2.22. The number of carbonyl (C=O) groups is 1. The summed E-state index contributed by atoms with van der Waals surface area (Å²) in [4.78, 5) is 12.8. The average Bonchev–Trinajstić information content (AvgIpc) is 2.26. The van der Waals surface area contributed by atoms with Gasteiger partial charge < -0.3 is 4.90 Å². The van der Waals surface area contributed by atoms with Crippen LogP contribution in [0.15, 0.2) is 18.2 Å². The molecule has 0 heterocycles. The zero-order chi connectivity index (χ0) is 14.6. The van der Waals surface area contributed by atoms with E-state index in [1.807, 2.05) is 0 Å². The van der Waals surface area contributed by atoms with E-state index in [1.54, 1.807) is 19.1 Å². The molecular weight excluding hydrogens is 346 g/mol. The van der Waals surface area contributed by atoms with Crippen molar-refractivity contribution in [1.29, 1.82) is 0 Å². The predicted molar refractivity (Wildman–Crippen MR) is 71.9 cm³/mol. The maximum atomic E-state index is 12.4. The lowest BCUT2D eigenvalue weighted by molar-refractivity contribution is -0.140. The Morgan fingerprint density at radius 2 is 2.05 bits per heavy atom. The fraction of sp³-hybridized carbons (Fsp3) is 0.417. The van der Waals surface area contributed by atoms with E-state index in [-0.39, 0.29) is 22.5 Å². The van der Waals surface area contributed by atoms with E-state index in [1.165, 1.54) is 6.07 Å². The van der Waals surface area contributed by atoms with Gasteiger partial charge in [-0.15, -0.1) is 0 Å². The molecule has 2 nitrogen and oxygen atoms in total. The van der Waals surface area contributed by atoms with Gasteiger partial charge in [-0.3, -0.25) is 4.79 Å². The van der Waals surface area contributed by atoms with Crippen molar-refractivity contribution in [3.05, 3.63) is 34.3 Å². The Bertz CT molecular complexity index is 465. The van der Waals surface area contributed by atoms with E-state index in [4.69, 9.17) is 11.6 Å². The van der Waals surface area contributed by atoms with Crippen LogP contribution in [0.2, 0.25) is 5.02 Å². The number of benzene rings is 1. The first-order valence-electron chi connectivity index (χ1n) is 5.42. The summed E-state index contributed by atoms with van der Waals surface area (Å²) in [7, 11) is 0. The van der Waals surface area contributed by atoms with Crippen LogP contribution in [0.25, 0.3) is 0 Å². The molecular formula is C12H12BrClF3NO. The summed E-state index contributed by atoms with van der Waals surface area (Å²) in [6, 6.07) is 4.63. The second-order valence-corrected chi connectivity index (χ2v) is 5.21. The van der Waals surface area contributed by atoms with Crippen LogP contribution in [0.3, 0.4) is 0 Å². The van der Waals surface area contributed by atoms with E-state index in [2.05, 4.69) is 15.9 Å². The molecule has 0 N–H and O–H groups in total. The Morgan fingerprint density at radius 1 is 1.42 bits per heavy atom. The van der Waals surface area contributed by atoms with Gasteiger partial charge in [-0.25, -0.2) is 0 Å². The Balaban J connectivity index is 2.99. The number of hydrogen-bond donors (Lipinski definition) is 0. The summed E-state index contributed by atoms with van der Waals surface area (Å²) in [5, 5.41) is 0.421. The van der Waals surface area contributed by atoms with Gasteiger partial charge >= 0.3 is 6.18 Å². The van der Waals surface area contributed by atoms with E-state index in [0.29, 0.717) is 0 Å². The van der Waals surface area contributed by atoms with Crippen molar-refractivity contribution < 1.29 is 18.0 Å². The van der Waals surface area contributed by atoms with Crippen LogP contribution in [0.5, 0.6) is 0 Å². The molecule has 1 rings (SSSR count). The van der Waals surface area contributed by atoms with Crippen molar-refractivity contribution in [3.8, 4) is 0 Å². The highest BCUT2D eigenvalue weighted by molar-refractivity contribution is 9.09. The zero-order valence-electron chi connectivity index (χ0n) is 10.1. The number of rotatable bonds is 4. The number of hydrogen-bond acceptors (Lipinski definition) is 1. The summed E-state index contributed by atoms with van der Waals surface area (Å²) in [6.07, 6.45) is -4.44. The molecule has 1 amide bonds. The molecule has 0 aliphatic rings. The average molecular weight is 359 g/mol. The van der Waals surface area contributed by atoms with Crippen LogP contribution < -0.4 is 0 Å². The molecule has 0 fully saturated rings. The molecule has 1 aromatic carbocycles. The maximum Gasteiger partial charge on any atom is 0.406 e. The zero-order valence-corrected chi connectivity index (χ0v) is 12.4. The number of alkyl halides is 4. The fourth-order valence-electron chi connectivity index (χ4n) is 1.53. The van der Waals surface area contributed by atoms with Crippen LogP contribution in [-0.4, -0.2) is 35.4 Å². The van der Waals surface area contributed by atoms with Gasteiger partial charge in [0.05, 0.1) is 10.6 Å². The largest absolute Gasteiger partial charge is 0.406 e. The normalized spacial score (nSPS) is 11.5. The van der Waals surface area contributed by atoms with Gasteiger partial charge in [0, 0.05) is 11.9 Å². The lowest BCUT2D eigenvalue weighted by Gasteiger charge is -2.23. The Hall–Kier alpha value is -0.750. The van der Waals surface area contributed by atoms with Crippen LogP contribution >= 0.6 is 27.5 Å². The molecule has 0 atom stereocenters. The van der Waals surface area contributed by atoms with E-state index in [9.17, 15) is 18.0 Å². The number of carbonyl (C=O) groups excluding carboxylic acids is 1. The first-order chi connectivity index (χ1) is 8.74. The standard InChI is InChI=1S/C12H12BrClF3NO/c1-8-2-3-9(10(14)6-8)11(19)18(5-4-13)7-12(15,16)17/h2-3,6H,4-5,7H2,1H3. The third-order valence-electron chi connectivity index (χ3n) is 2.37. The monoisotopic (exact) mass is 357 g/mol. The lowest BCUT2D eigenvalue weighted by atomic mass is 10.1. The highest BCUT2D eigenvalue weighted by atomic mass is 79.9. The van der Waals surface area contributed by atoms with Gasteiger partial charge in [-0.2, -0.15) is 13.2 Å². The van der Waals surface area contributed by atoms with Gasteiger partial charge in [0.2, 0.25) is 0 Å². The molecule has 106 valence electrons. The summed E-state index contributed by atoms with van der Waals surface area (Å²) in [5.74, 6) is -0.721. The van der Waals surface area contributed by atoms with Crippen molar-refractivity contribution >= 4 is 33.4 Å². The van der Waals surface area contributed by atoms with Gasteiger partial charge in [0.15, 0.2) is 0 Å². The van der Waals surface area contributed by atoms with Crippen LogP contribution in [-0.2, 0) is 0 Å². The fourth-order valence-corrected chi connectivity index (χ4v) is 2.28. The molecule has 0 bridgehead atoms. The summed E-state index contributed by atoms with van der Waals surface area (Å²) >= 11 is 8.93. The second-order valence-electron chi connectivity index (χ2n) is 4.01. The van der Waals surface area contributed by atoms with Crippen molar-refractivity contribution in [2.45, 2.75) is 13.1 Å². The first kappa shape index (κ1) is 16.3. The van der Waals surface area contributed by atoms with Crippen LogP contribution in [0.1, 0.15) is 15.9 Å². The minimum absolute atomic E-state index is 0.0391. The quantitative estimate of drug-likeness (QED) is 0.744. The highest BCUT2D eigenvalue weighted by Gasteiger charge is 2.33. The summed E-state index contributed by atoms with van der Waals surface area (Å²) in [6.45, 7) is 0.455. The summed E-state index contributed by atoms with van der Waals surface area (Å²) in [5.41, 5.74) is 0.918. The van der Waals surface area contributed by atoms with Gasteiger partial charge in [0.1, 0.15) is 6.54 Å². The molecule has 19 heavy (non-hydrogen) atoms. The van der Waals surface area contributed by atoms with E-state index in [0.717, 1.165) is 10.5 Å². The minimum atomic E-state index is -4.44. The molecule has 0 saturated carbocycles. The third-order valence-corrected chi connectivity index (χ3v) is 3.03. The topological polar surface area (TPSA) is 20.3 Å². The van der Waals surface area contributed by atoms with E-state index < -0.39 is 18.6 Å². The minimum Gasteiger partial charge on any atom is -0.329 e. The molecule has 0 aliphatic carbocycles. The molecule has 1 aromatic rings. The van der Waals surface area contributed by atoms with Gasteiger partial charge in [0.25, 0.3) is 5.91 Å². The van der Waals surface area contributed by atoms with Crippen LogP contribution in [0.4, 0.5) is 13.2 Å². The van der Waals surface area contributed by atoms with E-state index >= 15 is 0 Å². The maximum absolute atomic E-state index is 12.4. The number of nitrogens with zero attached hydrogens (tertiary/aromatic N) is 1. The molecule has 0 unspecified atom stereocenters. The number of aryl methyl sites for hydroxylation is 1. The smallest absolute Gasteiger partial charge is 0.329 e. The lowest BCUT2D eigenvalue weighted by Crippen LogP contribution is -2.40. The predicted octanol–water partition coefficient (Wildman–Crippen LogP) is 4.05. The Labute approximate surface area is 122 Å². The Morgan fingerprint density at radius 3 is 2.53 bits per heavy atom. The van der Waals surface area contributed by atoms with Crippen molar-refractivity contribution in [2.75, 3.05) is 18.4 Å². The van der Waals surface area contributed by atoms with Crippen molar-refractivity contribution in [2.24, 2.45) is 0 Å². The molecule has 0 saturated heterocycles. The van der Waals surface area contributed by atoms with Gasteiger partial charge in [-0.1, -0.05) is 33.6 Å². The van der Waals surface area contributed by atoms with Gasteiger partial charge in [-0.05, 0) is 24.6 Å². The summed E-state index contributed by atoms with van der Waals surface area (Å²) < 4.78 is 37.3.